The molecule has 5 rings (SSSR count). The van der Waals surface area contributed by atoms with E-state index >= 15 is 0 Å². The Kier molecular flexibility index (Phi) is 5.52. The molecular weight excluding hydrogens is 400 g/mol. The number of hydrogen-bond acceptors (Lipinski definition) is 4. The van der Waals surface area contributed by atoms with Crippen molar-refractivity contribution in [3.05, 3.63) is 101 Å². The summed E-state index contributed by atoms with van der Waals surface area (Å²) in [5, 5.41) is 6.23. The van der Waals surface area contributed by atoms with E-state index in [2.05, 4.69) is 21.7 Å². The number of carbonyl (C=O) groups excluding carboxylic acids is 2. The lowest BCUT2D eigenvalue weighted by Crippen LogP contribution is -2.30. The molecule has 0 atom stereocenters. The van der Waals surface area contributed by atoms with Crippen molar-refractivity contribution in [2.75, 3.05) is 18.4 Å². The summed E-state index contributed by atoms with van der Waals surface area (Å²) < 4.78 is 0. The van der Waals surface area contributed by atoms with E-state index in [1.165, 1.54) is 0 Å². The smallest absolute Gasteiger partial charge is 0.316 e. The van der Waals surface area contributed by atoms with Crippen molar-refractivity contribution < 1.29 is 9.59 Å². The maximum Gasteiger partial charge on any atom is 0.322 e. The van der Waals surface area contributed by atoms with Crippen LogP contribution in [0.5, 0.6) is 0 Å². The lowest BCUT2D eigenvalue weighted by Gasteiger charge is -2.19. The van der Waals surface area contributed by atoms with Crippen LogP contribution in [-0.4, -0.2) is 34.8 Å². The summed E-state index contributed by atoms with van der Waals surface area (Å²) >= 11 is 0. The third kappa shape index (κ3) is 4.05. The monoisotopic (exact) mass is 424 g/mol. The number of aromatic nitrogens is 1. The molecule has 2 aromatic carbocycles. The highest BCUT2D eigenvalue weighted by molar-refractivity contribution is 6.12. The van der Waals surface area contributed by atoms with Crippen LogP contribution in [0.3, 0.4) is 0 Å². The molecule has 160 valence electrons. The molecule has 6 heteroatoms. The van der Waals surface area contributed by atoms with Gasteiger partial charge < -0.3 is 15.5 Å². The Labute approximate surface area is 187 Å². The van der Waals surface area contributed by atoms with Crippen LogP contribution >= 0.6 is 0 Å². The molecule has 0 bridgehead atoms. The molecule has 0 saturated heterocycles. The van der Waals surface area contributed by atoms with Crippen molar-refractivity contribution in [1.29, 1.82) is 0 Å². The third-order valence-electron chi connectivity index (χ3n) is 5.92. The van der Waals surface area contributed by atoms with Gasteiger partial charge in [0.2, 0.25) is 0 Å². The van der Waals surface area contributed by atoms with E-state index in [0.717, 1.165) is 36.2 Å². The average molecular weight is 425 g/mol. The zero-order valence-corrected chi connectivity index (χ0v) is 17.7. The van der Waals surface area contributed by atoms with Gasteiger partial charge in [-0.05, 0) is 35.7 Å². The number of hydrogen-bond donors (Lipinski definition) is 2. The second-order valence-electron chi connectivity index (χ2n) is 8.05. The summed E-state index contributed by atoms with van der Waals surface area (Å²) in [6.45, 7) is 2.75. The first-order chi connectivity index (χ1) is 15.7. The Morgan fingerprint density at radius 2 is 1.69 bits per heavy atom. The highest BCUT2D eigenvalue weighted by atomic mass is 16.2. The molecule has 32 heavy (non-hydrogen) atoms. The van der Waals surface area contributed by atoms with Gasteiger partial charge in [-0.2, -0.15) is 0 Å². The number of fused-ring (bicyclic) bond motifs is 1. The first-order valence-corrected chi connectivity index (χ1v) is 10.8. The van der Waals surface area contributed by atoms with Crippen LogP contribution in [0.1, 0.15) is 39.2 Å². The summed E-state index contributed by atoms with van der Waals surface area (Å²) in [7, 11) is 0. The molecule has 2 amide bonds. The summed E-state index contributed by atoms with van der Waals surface area (Å²) in [5.41, 5.74) is 5.68. The Balaban J connectivity index is 1.43. The number of carbonyl (C=O) groups is 2. The van der Waals surface area contributed by atoms with E-state index in [9.17, 15) is 9.59 Å². The van der Waals surface area contributed by atoms with Crippen LogP contribution in [0.25, 0.3) is 5.57 Å². The molecule has 2 aliphatic heterocycles. The highest BCUT2D eigenvalue weighted by Crippen LogP contribution is 2.27. The quantitative estimate of drug-likeness (QED) is 0.615. The van der Waals surface area contributed by atoms with Gasteiger partial charge >= 0.3 is 6.03 Å². The van der Waals surface area contributed by atoms with Crippen LogP contribution in [0.15, 0.2) is 72.9 Å². The van der Waals surface area contributed by atoms with Gasteiger partial charge in [0, 0.05) is 25.2 Å². The Morgan fingerprint density at radius 3 is 2.38 bits per heavy atom. The number of amides is 2. The minimum Gasteiger partial charge on any atom is -0.316 e. The SMILES string of the molecule is O=C(c1ccccc1)c1cc(NC(=O)N2Cc3ccccc3C2)cnc1C1=CCNCC1. The molecular formula is C26H24N4O2. The summed E-state index contributed by atoms with van der Waals surface area (Å²) in [6.07, 6.45) is 4.52. The van der Waals surface area contributed by atoms with E-state index in [-0.39, 0.29) is 11.8 Å². The number of rotatable bonds is 4. The molecule has 0 radical (unpaired) electrons. The number of urea groups is 1. The van der Waals surface area contributed by atoms with Gasteiger partial charge in [-0.15, -0.1) is 0 Å². The van der Waals surface area contributed by atoms with E-state index in [4.69, 9.17) is 0 Å². The van der Waals surface area contributed by atoms with E-state index in [1.54, 1.807) is 29.3 Å². The third-order valence-corrected chi connectivity index (χ3v) is 5.92. The van der Waals surface area contributed by atoms with E-state index < -0.39 is 0 Å². The molecule has 0 fully saturated rings. The summed E-state index contributed by atoms with van der Waals surface area (Å²) in [5.74, 6) is -0.0998. The number of pyridine rings is 1. The Morgan fingerprint density at radius 1 is 0.969 bits per heavy atom. The fourth-order valence-electron chi connectivity index (χ4n) is 4.22. The minimum absolute atomic E-state index is 0.0998. The van der Waals surface area contributed by atoms with Gasteiger partial charge in [-0.1, -0.05) is 60.7 Å². The van der Waals surface area contributed by atoms with Crippen LogP contribution in [0, 0.1) is 0 Å². The molecule has 3 heterocycles. The first kappa shape index (κ1) is 20.2. The minimum atomic E-state index is -0.199. The van der Waals surface area contributed by atoms with Crippen LogP contribution in [-0.2, 0) is 13.1 Å². The molecule has 0 aliphatic carbocycles. The van der Waals surface area contributed by atoms with Crippen molar-refractivity contribution >= 4 is 23.1 Å². The number of ketones is 1. The van der Waals surface area contributed by atoms with Crippen molar-refractivity contribution in [3.63, 3.8) is 0 Å². The molecule has 6 nitrogen and oxygen atoms in total. The summed E-state index contributed by atoms with van der Waals surface area (Å²) in [4.78, 5) is 32.6. The maximum absolute atomic E-state index is 13.3. The molecule has 2 N–H and O–H groups in total. The first-order valence-electron chi connectivity index (χ1n) is 10.8. The van der Waals surface area contributed by atoms with Gasteiger partial charge in [-0.3, -0.25) is 9.78 Å². The van der Waals surface area contributed by atoms with Crippen LogP contribution in [0.2, 0.25) is 0 Å². The lowest BCUT2D eigenvalue weighted by atomic mass is 9.95. The molecule has 2 aliphatic rings. The number of benzene rings is 2. The second-order valence-corrected chi connectivity index (χ2v) is 8.05. The van der Waals surface area contributed by atoms with Crippen molar-refractivity contribution in [3.8, 4) is 0 Å². The van der Waals surface area contributed by atoms with Crippen molar-refractivity contribution in [1.82, 2.24) is 15.2 Å². The van der Waals surface area contributed by atoms with Crippen molar-refractivity contribution in [2.45, 2.75) is 19.5 Å². The second kappa shape index (κ2) is 8.77. The highest BCUT2D eigenvalue weighted by Gasteiger charge is 2.24. The molecule has 0 spiro atoms. The van der Waals surface area contributed by atoms with Gasteiger partial charge in [0.1, 0.15) is 0 Å². The average Bonchev–Trinajstić information content (AvgIpc) is 3.29. The largest absolute Gasteiger partial charge is 0.322 e. The topological polar surface area (TPSA) is 74.3 Å². The van der Waals surface area contributed by atoms with Gasteiger partial charge in [0.05, 0.1) is 23.1 Å². The normalized spacial score (nSPS) is 15.1. The molecule has 0 saturated carbocycles. The van der Waals surface area contributed by atoms with Gasteiger partial charge in [-0.25, -0.2) is 4.79 Å². The molecule has 0 unspecified atom stereocenters. The zero-order valence-electron chi connectivity index (χ0n) is 17.7. The number of nitrogens with one attached hydrogen (secondary N) is 2. The fraction of sp³-hybridized carbons (Fsp3) is 0.192. The fourth-order valence-corrected chi connectivity index (χ4v) is 4.22. The summed E-state index contributed by atoms with van der Waals surface area (Å²) in [6, 6.07) is 18.8. The number of nitrogens with zero attached hydrogens (tertiary/aromatic N) is 2. The predicted octanol–water partition coefficient (Wildman–Crippen LogP) is 4.24. The predicted molar refractivity (Wildman–Crippen MR) is 124 cm³/mol. The lowest BCUT2D eigenvalue weighted by molar-refractivity contribution is 0.103. The van der Waals surface area contributed by atoms with Gasteiger partial charge in [0.25, 0.3) is 0 Å². The maximum atomic E-state index is 13.3. The van der Waals surface area contributed by atoms with E-state index in [1.807, 2.05) is 42.5 Å². The van der Waals surface area contributed by atoms with Crippen molar-refractivity contribution in [2.24, 2.45) is 0 Å². The zero-order chi connectivity index (χ0) is 21.9. The van der Waals surface area contributed by atoms with Crippen LogP contribution in [0.4, 0.5) is 10.5 Å². The molecule has 1 aromatic heterocycles. The Bertz CT molecular complexity index is 1180. The molecule has 3 aromatic rings. The van der Waals surface area contributed by atoms with Gasteiger partial charge in [0.15, 0.2) is 5.78 Å². The van der Waals surface area contributed by atoms with E-state index in [0.29, 0.717) is 35.6 Å². The number of anilines is 1. The Hall–Kier alpha value is -3.77. The van der Waals surface area contributed by atoms with Crippen LogP contribution < -0.4 is 10.6 Å². The standard InChI is InChI=1S/C26H24N4O2/c31-25(19-6-2-1-3-7-19)23-14-22(15-28-24(23)18-10-12-27-13-11-18)29-26(32)30-16-20-8-4-5-9-21(20)17-30/h1-10,14-15,27H,11-13,16-17H2,(H,29,32).